The summed E-state index contributed by atoms with van der Waals surface area (Å²) < 4.78 is 5.18. The Bertz CT molecular complexity index is 571. The van der Waals surface area contributed by atoms with Gasteiger partial charge in [-0.05, 0) is 111 Å². The van der Waals surface area contributed by atoms with Crippen LogP contribution in [0.1, 0.15) is 105 Å². The molecule has 0 aromatic heterocycles. The minimum Gasteiger partial charge on any atom is -0.466 e. The Balaban J connectivity index is 1.45. The second-order valence-electron chi connectivity index (χ2n) is 11.5. The second kappa shape index (κ2) is 7.95. The molecule has 4 rings (SSSR count). The predicted octanol–water partition coefficient (Wildman–Crippen LogP) is 7.01. The summed E-state index contributed by atoms with van der Waals surface area (Å²) in [5.74, 6) is 5.41. The molecule has 2 nitrogen and oxygen atoms in total. The molecule has 0 aromatic carbocycles. The van der Waals surface area contributed by atoms with Crippen molar-refractivity contribution in [1.29, 1.82) is 0 Å². The molecule has 0 saturated heterocycles. The molecule has 160 valence electrons. The van der Waals surface area contributed by atoms with E-state index in [4.69, 9.17) is 4.74 Å². The van der Waals surface area contributed by atoms with E-state index >= 15 is 0 Å². The molecule has 0 bridgehead atoms. The van der Waals surface area contributed by atoms with Crippen LogP contribution in [0.5, 0.6) is 0 Å². The van der Waals surface area contributed by atoms with Gasteiger partial charge in [0.2, 0.25) is 0 Å². The minimum absolute atomic E-state index is 0.00121. The van der Waals surface area contributed by atoms with Crippen molar-refractivity contribution in [3.05, 3.63) is 0 Å². The standard InChI is InChI=1S/C26H44O2/c1-5-28-24(27)14-9-18(2)21-12-13-22-20-11-10-19-8-6-7-16-25(19,3)23(20)15-17-26(21,22)4/h18-23H,5-17H2,1-4H3/t18-,19?,20?,21?,22?,23?,25?,26?/m1/s1. The van der Waals surface area contributed by atoms with Crippen molar-refractivity contribution < 1.29 is 9.53 Å². The van der Waals surface area contributed by atoms with E-state index in [9.17, 15) is 4.79 Å². The van der Waals surface area contributed by atoms with Gasteiger partial charge in [0.1, 0.15) is 0 Å². The highest BCUT2D eigenvalue weighted by molar-refractivity contribution is 5.69. The van der Waals surface area contributed by atoms with Crippen LogP contribution in [0.2, 0.25) is 0 Å². The summed E-state index contributed by atoms with van der Waals surface area (Å²) in [5.41, 5.74) is 1.17. The van der Waals surface area contributed by atoms with E-state index in [-0.39, 0.29) is 5.97 Å². The molecule has 4 aliphatic rings. The first-order valence-corrected chi connectivity index (χ1v) is 12.6. The van der Waals surface area contributed by atoms with E-state index in [0.717, 1.165) is 36.0 Å². The van der Waals surface area contributed by atoms with Gasteiger partial charge in [-0.1, -0.05) is 33.6 Å². The Labute approximate surface area is 173 Å². The lowest BCUT2D eigenvalue weighted by Gasteiger charge is -2.61. The maximum absolute atomic E-state index is 11.9. The van der Waals surface area contributed by atoms with E-state index in [1.54, 1.807) is 0 Å². The number of ether oxygens (including phenoxy) is 1. The second-order valence-corrected chi connectivity index (χ2v) is 11.5. The summed E-state index contributed by atoms with van der Waals surface area (Å²) in [6, 6.07) is 0. The SMILES string of the molecule is CCOC(=O)CC[C@@H](C)C1CCC2C3CCC4CCCCC4(C)C3CCC21C. The summed E-state index contributed by atoms with van der Waals surface area (Å²) in [7, 11) is 0. The summed E-state index contributed by atoms with van der Waals surface area (Å²) in [6.45, 7) is 10.2. The highest BCUT2D eigenvalue weighted by Crippen LogP contribution is 2.68. The van der Waals surface area contributed by atoms with E-state index in [1.165, 1.54) is 64.2 Å². The zero-order valence-corrected chi connectivity index (χ0v) is 19.0. The van der Waals surface area contributed by atoms with E-state index in [1.807, 2.05) is 6.92 Å². The lowest BCUT2D eigenvalue weighted by atomic mass is 9.44. The highest BCUT2D eigenvalue weighted by atomic mass is 16.5. The van der Waals surface area contributed by atoms with Gasteiger partial charge < -0.3 is 4.74 Å². The third-order valence-electron chi connectivity index (χ3n) is 10.5. The Morgan fingerprint density at radius 1 is 0.964 bits per heavy atom. The Hall–Kier alpha value is -0.530. The number of carbonyl (C=O) groups excluding carboxylic acids is 1. The van der Waals surface area contributed by atoms with Crippen LogP contribution in [-0.2, 0) is 9.53 Å². The van der Waals surface area contributed by atoms with Gasteiger partial charge in [0.25, 0.3) is 0 Å². The van der Waals surface area contributed by atoms with Gasteiger partial charge >= 0.3 is 5.97 Å². The molecule has 0 N–H and O–H groups in total. The molecular formula is C26H44O2. The fourth-order valence-corrected chi connectivity index (χ4v) is 9.05. The van der Waals surface area contributed by atoms with Crippen molar-refractivity contribution in [2.24, 2.45) is 46.3 Å². The van der Waals surface area contributed by atoms with Crippen molar-refractivity contribution in [2.45, 2.75) is 105 Å². The van der Waals surface area contributed by atoms with Crippen LogP contribution in [0.15, 0.2) is 0 Å². The molecule has 8 atom stereocenters. The molecule has 0 amide bonds. The van der Waals surface area contributed by atoms with Crippen LogP contribution in [0, 0.1) is 46.3 Å². The van der Waals surface area contributed by atoms with Crippen LogP contribution in [0.25, 0.3) is 0 Å². The maximum Gasteiger partial charge on any atom is 0.305 e. The summed E-state index contributed by atoms with van der Waals surface area (Å²) >= 11 is 0. The van der Waals surface area contributed by atoms with Crippen molar-refractivity contribution in [1.82, 2.24) is 0 Å². The molecule has 28 heavy (non-hydrogen) atoms. The molecule has 0 aliphatic heterocycles. The van der Waals surface area contributed by atoms with Gasteiger partial charge in [-0.3, -0.25) is 4.79 Å². The zero-order valence-electron chi connectivity index (χ0n) is 19.0. The van der Waals surface area contributed by atoms with Crippen molar-refractivity contribution >= 4 is 5.97 Å². The van der Waals surface area contributed by atoms with Crippen molar-refractivity contribution in [2.75, 3.05) is 6.61 Å². The topological polar surface area (TPSA) is 26.3 Å². The van der Waals surface area contributed by atoms with Crippen molar-refractivity contribution in [3.63, 3.8) is 0 Å². The molecule has 4 aliphatic carbocycles. The van der Waals surface area contributed by atoms with E-state index in [0.29, 0.717) is 29.8 Å². The first-order chi connectivity index (χ1) is 13.4. The van der Waals surface area contributed by atoms with Gasteiger partial charge in [-0.15, -0.1) is 0 Å². The number of fused-ring (bicyclic) bond motifs is 5. The fourth-order valence-electron chi connectivity index (χ4n) is 9.05. The van der Waals surface area contributed by atoms with Gasteiger partial charge in [-0.2, -0.15) is 0 Å². The molecular weight excluding hydrogens is 344 g/mol. The van der Waals surface area contributed by atoms with Crippen molar-refractivity contribution in [3.8, 4) is 0 Å². The molecule has 4 saturated carbocycles. The van der Waals surface area contributed by atoms with Crippen LogP contribution in [0.3, 0.4) is 0 Å². The molecule has 0 radical (unpaired) electrons. The number of esters is 1. The Morgan fingerprint density at radius 3 is 2.54 bits per heavy atom. The minimum atomic E-state index is 0.00121. The van der Waals surface area contributed by atoms with E-state index in [2.05, 4.69) is 20.8 Å². The quantitative estimate of drug-likeness (QED) is 0.473. The van der Waals surface area contributed by atoms with Crippen LogP contribution in [0.4, 0.5) is 0 Å². The third-order valence-corrected chi connectivity index (χ3v) is 10.5. The van der Waals surface area contributed by atoms with Crippen LogP contribution in [-0.4, -0.2) is 12.6 Å². The third kappa shape index (κ3) is 3.35. The van der Waals surface area contributed by atoms with Gasteiger partial charge in [0.05, 0.1) is 6.61 Å². The lowest BCUT2D eigenvalue weighted by molar-refractivity contribution is -0.143. The summed E-state index contributed by atoms with van der Waals surface area (Å²) in [6.07, 6.45) is 16.4. The van der Waals surface area contributed by atoms with Gasteiger partial charge in [-0.25, -0.2) is 0 Å². The molecule has 2 heteroatoms. The van der Waals surface area contributed by atoms with Crippen LogP contribution < -0.4 is 0 Å². The zero-order chi connectivity index (χ0) is 19.9. The van der Waals surface area contributed by atoms with Crippen LogP contribution >= 0.6 is 0 Å². The lowest BCUT2D eigenvalue weighted by Crippen LogP contribution is -2.53. The number of carbonyl (C=O) groups is 1. The summed E-state index contributed by atoms with van der Waals surface area (Å²) in [4.78, 5) is 11.9. The number of rotatable bonds is 5. The smallest absolute Gasteiger partial charge is 0.305 e. The largest absolute Gasteiger partial charge is 0.466 e. The number of hydrogen-bond acceptors (Lipinski definition) is 2. The normalized spacial score (nSPS) is 46.2. The average Bonchev–Trinajstić information content (AvgIpc) is 3.03. The average molecular weight is 389 g/mol. The first kappa shape index (κ1) is 20.7. The molecule has 4 fully saturated rings. The molecule has 7 unspecified atom stereocenters. The Morgan fingerprint density at radius 2 is 1.75 bits per heavy atom. The molecule has 0 aromatic rings. The predicted molar refractivity (Wildman–Crippen MR) is 115 cm³/mol. The molecule has 0 spiro atoms. The monoisotopic (exact) mass is 388 g/mol. The highest BCUT2D eigenvalue weighted by Gasteiger charge is 2.60. The Kier molecular flexibility index (Phi) is 5.89. The van der Waals surface area contributed by atoms with Gasteiger partial charge in [0.15, 0.2) is 0 Å². The molecule has 0 heterocycles. The van der Waals surface area contributed by atoms with Gasteiger partial charge in [0, 0.05) is 6.42 Å². The summed E-state index contributed by atoms with van der Waals surface area (Å²) in [5, 5.41) is 0. The fraction of sp³-hybridized carbons (Fsp3) is 0.962. The first-order valence-electron chi connectivity index (χ1n) is 12.6. The van der Waals surface area contributed by atoms with E-state index < -0.39 is 0 Å². The maximum atomic E-state index is 11.9. The number of hydrogen-bond donors (Lipinski definition) is 0.